The summed E-state index contributed by atoms with van der Waals surface area (Å²) in [6, 6.07) is 7.57. The van der Waals surface area contributed by atoms with Crippen molar-refractivity contribution in [1.29, 1.82) is 0 Å². The first kappa shape index (κ1) is 12.0. The summed E-state index contributed by atoms with van der Waals surface area (Å²) in [6.45, 7) is 2.20. The van der Waals surface area contributed by atoms with E-state index in [9.17, 15) is 4.79 Å². The number of ether oxygens (including phenoxy) is 2. The van der Waals surface area contributed by atoms with Gasteiger partial charge in [-0.25, -0.2) is 4.79 Å². The number of carbonyl (C=O) groups excluding carboxylic acids is 1. The van der Waals surface area contributed by atoms with Gasteiger partial charge in [-0.1, -0.05) is 23.7 Å². The Hall–Kier alpha value is -1.06. The zero-order valence-corrected chi connectivity index (χ0v) is 10.9. The van der Waals surface area contributed by atoms with E-state index in [1.54, 1.807) is 6.92 Å². The minimum absolute atomic E-state index is 0.251. The van der Waals surface area contributed by atoms with E-state index in [-0.39, 0.29) is 5.97 Å². The fourth-order valence-electron chi connectivity index (χ4n) is 2.59. The highest BCUT2D eigenvalue weighted by Crippen LogP contribution is 2.61. The average molecular weight is 267 g/mol. The van der Waals surface area contributed by atoms with Crippen LogP contribution in [0.25, 0.3) is 0 Å². The molecule has 1 heterocycles. The van der Waals surface area contributed by atoms with Crippen molar-refractivity contribution in [1.82, 2.24) is 0 Å². The number of halogens is 1. The Labute approximate surface area is 111 Å². The van der Waals surface area contributed by atoms with Gasteiger partial charge in [0.05, 0.1) is 6.61 Å². The van der Waals surface area contributed by atoms with Crippen LogP contribution in [0.5, 0.6) is 0 Å². The van der Waals surface area contributed by atoms with Crippen LogP contribution >= 0.6 is 11.6 Å². The molecule has 2 aliphatic rings. The summed E-state index contributed by atoms with van der Waals surface area (Å²) in [5.74, 6) is 0.187. The maximum atomic E-state index is 11.8. The second kappa shape index (κ2) is 4.25. The van der Waals surface area contributed by atoms with E-state index in [1.807, 2.05) is 24.3 Å². The summed E-state index contributed by atoms with van der Waals surface area (Å²) in [4.78, 5) is 11.8. The molecule has 2 atom stereocenters. The molecule has 2 fully saturated rings. The summed E-state index contributed by atoms with van der Waals surface area (Å²) >= 11 is 5.89. The van der Waals surface area contributed by atoms with E-state index in [2.05, 4.69) is 0 Å². The minimum Gasteiger partial charge on any atom is -0.464 e. The van der Waals surface area contributed by atoms with Gasteiger partial charge in [-0.2, -0.15) is 0 Å². The van der Waals surface area contributed by atoms with Crippen molar-refractivity contribution >= 4 is 17.6 Å². The van der Waals surface area contributed by atoms with Crippen molar-refractivity contribution < 1.29 is 14.3 Å². The third-order valence-electron chi connectivity index (χ3n) is 3.63. The van der Waals surface area contributed by atoms with E-state index in [1.165, 1.54) is 0 Å². The number of hydrogen-bond donors (Lipinski definition) is 0. The molecule has 96 valence electrons. The highest BCUT2D eigenvalue weighted by molar-refractivity contribution is 6.30. The zero-order chi connectivity index (χ0) is 12.8. The van der Waals surface area contributed by atoms with Crippen molar-refractivity contribution in [2.45, 2.75) is 31.5 Å². The fourth-order valence-corrected chi connectivity index (χ4v) is 2.72. The van der Waals surface area contributed by atoms with Crippen LogP contribution in [0.15, 0.2) is 24.3 Å². The van der Waals surface area contributed by atoms with Gasteiger partial charge in [0.15, 0.2) is 6.10 Å². The van der Waals surface area contributed by atoms with Crippen LogP contribution < -0.4 is 0 Å². The van der Waals surface area contributed by atoms with Crippen LogP contribution in [-0.2, 0) is 19.9 Å². The van der Waals surface area contributed by atoms with Gasteiger partial charge < -0.3 is 9.47 Å². The molecule has 0 aromatic heterocycles. The molecule has 0 bridgehead atoms. The third kappa shape index (κ3) is 1.82. The second-order valence-electron chi connectivity index (χ2n) is 4.82. The topological polar surface area (TPSA) is 38.8 Å². The van der Waals surface area contributed by atoms with Gasteiger partial charge in [-0.3, -0.25) is 0 Å². The predicted octanol–water partition coefficient (Wildman–Crippen LogP) is 2.91. The summed E-state index contributed by atoms with van der Waals surface area (Å²) in [5.41, 5.74) is 0.587. The van der Waals surface area contributed by atoms with Crippen molar-refractivity contribution in [3.63, 3.8) is 0 Å². The van der Waals surface area contributed by atoms with Crippen molar-refractivity contribution in [3.8, 4) is 0 Å². The predicted molar refractivity (Wildman–Crippen MR) is 67.4 cm³/mol. The Balaban J connectivity index is 1.86. The molecule has 0 spiro atoms. The van der Waals surface area contributed by atoms with E-state index in [0.717, 1.165) is 18.4 Å². The van der Waals surface area contributed by atoms with Gasteiger partial charge in [-0.15, -0.1) is 0 Å². The molecular formula is C14H15ClO3. The number of esters is 1. The maximum absolute atomic E-state index is 11.8. The molecule has 1 aliphatic carbocycles. The molecule has 18 heavy (non-hydrogen) atoms. The van der Waals surface area contributed by atoms with Crippen molar-refractivity contribution in [2.75, 3.05) is 6.61 Å². The highest BCUT2D eigenvalue weighted by atomic mass is 35.5. The summed E-state index contributed by atoms with van der Waals surface area (Å²) < 4.78 is 10.8. The Morgan fingerprint density at radius 1 is 1.44 bits per heavy atom. The van der Waals surface area contributed by atoms with Crippen LogP contribution in [0.3, 0.4) is 0 Å². The Kier molecular flexibility index (Phi) is 2.83. The first-order chi connectivity index (χ1) is 8.68. The number of hydrogen-bond acceptors (Lipinski definition) is 3. The first-order valence-corrected chi connectivity index (χ1v) is 6.66. The molecule has 0 amide bonds. The lowest BCUT2D eigenvalue weighted by Gasteiger charge is -2.12. The molecule has 1 saturated heterocycles. The van der Waals surface area contributed by atoms with Crippen LogP contribution in [0, 0.1) is 5.92 Å². The van der Waals surface area contributed by atoms with Gasteiger partial charge in [0.25, 0.3) is 0 Å². The van der Waals surface area contributed by atoms with Crippen molar-refractivity contribution in [3.05, 3.63) is 34.9 Å². The molecule has 0 N–H and O–H groups in total. The lowest BCUT2D eigenvalue weighted by atomic mass is 9.90. The fraction of sp³-hybridized carbons (Fsp3) is 0.500. The largest absolute Gasteiger partial charge is 0.464 e. The molecule has 3 rings (SSSR count). The van der Waals surface area contributed by atoms with Gasteiger partial charge in [-0.05, 0) is 43.4 Å². The first-order valence-electron chi connectivity index (χ1n) is 6.29. The van der Waals surface area contributed by atoms with Crippen LogP contribution in [0.1, 0.15) is 25.3 Å². The van der Waals surface area contributed by atoms with E-state index >= 15 is 0 Å². The smallest absolute Gasteiger partial charge is 0.338 e. The summed E-state index contributed by atoms with van der Waals surface area (Å²) in [5, 5.41) is 0.693. The standard InChI is InChI=1S/C14H15ClO3/c1-2-17-13(16)12-14(18-12,9-3-4-9)10-5-7-11(15)8-6-10/h5-9,12H,2-4H2,1H3. The third-order valence-corrected chi connectivity index (χ3v) is 3.88. The summed E-state index contributed by atoms with van der Waals surface area (Å²) in [6.07, 6.45) is 1.78. The van der Waals surface area contributed by atoms with Crippen LogP contribution in [0.4, 0.5) is 0 Å². The van der Waals surface area contributed by atoms with Crippen molar-refractivity contribution in [2.24, 2.45) is 5.92 Å². The zero-order valence-electron chi connectivity index (χ0n) is 10.2. The number of rotatable bonds is 4. The minimum atomic E-state index is -0.448. The molecular weight excluding hydrogens is 252 g/mol. The molecule has 1 saturated carbocycles. The van der Waals surface area contributed by atoms with E-state index in [4.69, 9.17) is 21.1 Å². The lowest BCUT2D eigenvalue weighted by molar-refractivity contribution is -0.144. The lowest BCUT2D eigenvalue weighted by Crippen LogP contribution is -2.23. The molecule has 3 nitrogen and oxygen atoms in total. The molecule has 0 radical (unpaired) electrons. The van der Waals surface area contributed by atoms with E-state index < -0.39 is 11.7 Å². The number of epoxide rings is 1. The summed E-state index contributed by atoms with van der Waals surface area (Å²) in [7, 11) is 0. The van der Waals surface area contributed by atoms with E-state index in [0.29, 0.717) is 17.5 Å². The Morgan fingerprint density at radius 2 is 2.11 bits per heavy atom. The molecule has 1 aliphatic heterocycles. The monoisotopic (exact) mass is 266 g/mol. The number of carbonyl (C=O) groups is 1. The SMILES string of the molecule is CCOC(=O)C1OC1(c1ccc(Cl)cc1)C1CC1. The van der Waals surface area contributed by atoms with Gasteiger partial charge in [0.1, 0.15) is 5.60 Å². The Bertz CT molecular complexity index is 466. The second-order valence-corrected chi connectivity index (χ2v) is 5.26. The Morgan fingerprint density at radius 3 is 2.67 bits per heavy atom. The van der Waals surface area contributed by atoms with Gasteiger partial charge >= 0.3 is 5.97 Å². The molecule has 4 heteroatoms. The maximum Gasteiger partial charge on any atom is 0.338 e. The number of benzene rings is 1. The normalized spacial score (nSPS) is 30.0. The molecule has 2 unspecified atom stereocenters. The average Bonchev–Trinajstić information content (AvgIpc) is 3.23. The van der Waals surface area contributed by atoms with Gasteiger partial charge in [0, 0.05) is 5.02 Å². The van der Waals surface area contributed by atoms with Crippen LogP contribution in [0.2, 0.25) is 5.02 Å². The molecule has 1 aromatic rings. The highest BCUT2D eigenvalue weighted by Gasteiger charge is 2.69. The van der Waals surface area contributed by atoms with Crippen LogP contribution in [-0.4, -0.2) is 18.7 Å². The molecule has 1 aromatic carbocycles. The van der Waals surface area contributed by atoms with Gasteiger partial charge in [0.2, 0.25) is 0 Å². The quantitative estimate of drug-likeness (QED) is 0.621.